The maximum atomic E-state index is 12.8. The molecule has 2 N–H and O–H groups in total. The standard InChI is InChI=1S/C29H35NO3/c1-18-7-8-20(17-31)14-25(18)30-27(32)26-10-9-22(33-26)15-21-16-24-23(13-19(21)2)28(3,4)11-12-29(24,5)6/h7-10,13-14,16,31H,11-12,15,17H2,1-6H3,(H,30,32). The van der Waals surface area contributed by atoms with E-state index >= 15 is 0 Å². The van der Waals surface area contributed by atoms with Crippen molar-refractivity contribution >= 4 is 11.6 Å². The molecular weight excluding hydrogens is 410 g/mol. The van der Waals surface area contributed by atoms with Gasteiger partial charge in [-0.1, -0.05) is 52.0 Å². The number of fused-ring (bicyclic) bond motifs is 1. The highest BCUT2D eigenvalue weighted by atomic mass is 16.3. The molecule has 174 valence electrons. The normalized spacial score (nSPS) is 16.3. The molecule has 0 fully saturated rings. The Morgan fingerprint density at radius 1 is 0.939 bits per heavy atom. The van der Waals surface area contributed by atoms with Crippen molar-refractivity contribution in [2.24, 2.45) is 0 Å². The van der Waals surface area contributed by atoms with Crippen LogP contribution < -0.4 is 5.32 Å². The third-order valence-electron chi connectivity index (χ3n) is 7.29. The van der Waals surface area contributed by atoms with Gasteiger partial charge in [-0.3, -0.25) is 4.79 Å². The van der Waals surface area contributed by atoms with E-state index in [4.69, 9.17) is 4.42 Å². The lowest BCUT2D eigenvalue weighted by atomic mass is 9.62. The summed E-state index contributed by atoms with van der Waals surface area (Å²) in [5.41, 5.74) is 8.11. The van der Waals surface area contributed by atoms with Gasteiger partial charge in [0, 0.05) is 12.1 Å². The van der Waals surface area contributed by atoms with Crippen molar-refractivity contribution in [3.63, 3.8) is 0 Å². The molecule has 1 amide bonds. The highest BCUT2D eigenvalue weighted by Crippen LogP contribution is 2.46. The van der Waals surface area contributed by atoms with Crippen molar-refractivity contribution < 1.29 is 14.3 Å². The molecule has 0 aliphatic heterocycles. The van der Waals surface area contributed by atoms with Gasteiger partial charge in [-0.05, 0) is 89.1 Å². The lowest BCUT2D eigenvalue weighted by Gasteiger charge is -2.42. The minimum Gasteiger partial charge on any atom is -0.456 e. The van der Waals surface area contributed by atoms with Crippen LogP contribution in [0.2, 0.25) is 0 Å². The van der Waals surface area contributed by atoms with Gasteiger partial charge in [0.2, 0.25) is 0 Å². The number of rotatable bonds is 5. The number of furan rings is 1. The number of nitrogens with one attached hydrogen (secondary N) is 1. The summed E-state index contributed by atoms with van der Waals surface area (Å²) in [5.74, 6) is 0.775. The van der Waals surface area contributed by atoms with E-state index in [2.05, 4.69) is 52.1 Å². The van der Waals surface area contributed by atoms with Crippen LogP contribution in [0.1, 0.15) is 90.2 Å². The number of aryl methyl sites for hydroxylation is 2. The molecule has 3 aromatic rings. The Balaban J connectivity index is 1.56. The van der Waals surface area contributed by atoms with Crippen molar-refractivity contribution in [1.29, 1.82) is 0 Å². The lowest BCUT2D eigenvalue weighted by molar-refractivity contribution is 0.0995. The van der Waals surface area contributed by atoms with Gasteiger partial charge in [-0.15, -0.1) is 0 Å². The smallest absolute Gasteiger partial charge is 0.291 e. The Morgan fingerprint density at radius 2 is 1.61 bits per heavy atom. The summed E-state index contributed by atoms with van der Waals surface area (Å²) >= 11 is 0. The second-order valence-corrected chi connectivity index (χ2v) is 10.8. The molecule has 0 radical (unpaired) electrons. The van der Waals surface area contributed by atoms with E-state index in [-0.39, 0.29) is 29.1 Å². The van der Waals surface area contributed by atoms with Crippen LogP contribution in [0.3, 0.4) is 0 Å². The summed E-state index contributed by atoms with van der Waals surface area (Å²) in [6, 6.07) is 13.9. The van der Waals surface area contributed by atoms with Crippen LogP contribution in [-0.4, -0.2) is 11.0 Å². The number of carbonyl (C=O) groups is 1. The van der Waals surface area contributed by atoms with Crippen molar-refractivity contribution in [3.8, 4) is 0 Å². The van der Waals surface area contributed by atoms with Crippen LogP contribution in [0.15, 0.2) is 46.9 Å². The molecule has 1 heterocycles. The predicted molar refractivity (Wildman–Crippen MR) is 133 cm³/mol. The topological polar surface area (TPSA) is 62.5 Å². The van der Waals surface area contributed by atoms with Crippen molar-refractivity contribution in [2.75, 3.05) is 5.32 Å². The Bertz CT molecular complexity index is 1200. The maximum absolute atomic E-state index is 12.8. The molecule has 1 aliphatic carbocycles. The second kappa shape index (κ2) is 8.49. The number of aliphatic hydroxyl groups is 1. The van der Waals surface area contributed by atoms with E-state index in [0.29, 0.717) is 12.1 Å². The highest BCUT2D eigenvalue weighted by Gasteiger charge is 2.37. The number of amides is 1. The first kappa shape index (κ1) is 23.3. The molecule has 33 heavy (non-hydrogen) atoms. The summed E-state index contributed by atoms with van der Waals surface area (Å²) in [6.45, 7) is 13.4. The lowest BCUT2D eigenvalue weighted by Crippen LogP contribution is -2.34. The van der Waals surface area contributed by atoms with E-state index in [1.165, 1.54) is 35.1 Å². The molecule has 1 aliphatic rings. The fourth-order valence-corrected chi connectivity index (χ4v) is 4.83. The Hall–Kier alpha value is -2.85. The average Bonchev–Trinajstić information content (AvgIpc) is 3.23. The number of anilines is 1. The number of carbonyl (C=O) groups excluding carboxylic acids is 1. The quantitative estimate of drug-likeness (QED) is 0.466. The molecule has 4 nitrogen and oxygen atoms in total. The largest absolute Gasteiger partial charge is 0.456 e. The zero-order valence-corrected chi connectivity index (χ0v) is 20.6. The van der Waals surface area contributed by atoms with Gasteiger partial charge in [-0.2, -0.15) is 0 Å². The first-order valence-electron chi connectivity index (χ1n) is 11.7. The number of hydrogen-bond acceptors (Lipinski definition) is 3. The van der Waals surface area contributed by atoms with E-state index in [9.17, 15) is 9.90 Å². The van der Waals surface area contributed by atoms with Crippen LogP contribution in [0.4, 0.5) is 5.69 Å². The van der Waals surface area contributed by atoms with Crippen molar-refractivity contribution in [1.82, 2.24) is 0 Å². The number of aliphatic hydroxyl groups excluding tert-OH is 1. The summed E-state index contributed by atoms with van der Waals surface area (Å²) in [5, 5.41) is 12.3. The molecule has 4 heteroatoms. The molecule has 0 bridgehead atoms. The minimum atomic E-state index is -0.288. The molecule has 1 aromatic heterocycles. The van der Waals surface area contributed by atoms with Gasteiger partial charge < -0.3 is 14.8 Å². The van der Waals surface area contributed by atoms with Crippen LogP contribution in [0.25, 0.3) is 0 Å². The third-order valence-corrected chi connectivity index (χ3v) is 7.29. The van der Waals surface area contributed by atoms with E-state index in [1.54, 1.807) is 12.1 Å². The van der Waals surface area contributed by atoms with Crippen molar-refractivity contribution in [2.45, 2.75) is 78.2 Å². The van der Waals surface area contributed by atoms with Crippen molar-refractivity contribution in [3.05, 3.63) is 87.4 Å². The molecule has 0 unspecified atom stereocenters. The van der Waals surface area contributed by atoms with E-state index in [1.807, 2.05) is 25.1 Å². The SMILES string of the molecule is Cc1cc2c(cc1Cc1ccc(C(=O)Nc3cc(CO)ccc3C)o1)C(C)(C)CCC2(C)C. The Labute approximate surface area is 197 Å². The number of benzene rings is 2. The highest BCUT2D eigenvalue weighted by molar-refractivity contribution is 6.02. The van der Waals surface area contributed by atoms with E-state index in [0.717, 1.165) is 16.9 Å². The van der Waals surface area contributed by atoms with Crippen LogP contribution in [0, 0.1) is 13.8 Å². The van der Waals surface area contributed by atoms with Gasteiger partial charge in [0.05, 0.1) is 6.61 Å². The second-order valence-electron chi connectivity index (χ2n) is 10.8. The van der Waals surface area contributed by atoms with Crippen LogP contribution >= 0.6 is 0 Å². The summed E-state index contributed by atoms with van der Waals surface area (Å²) in [4.78, 5) is 12.8. The fraction of sp³-hybridized carbons (Fsp3) is 0.414. The fourth-order valence-electron chi connectivity index (χ4n) is 4.83. The van der Waals surface area contributed by atoms with Gasteiger partial charge in [-0.25, -0.2) is 0 Å². The third kappa shape index (κ3) is 4.63. The summed E-state index contributed by atoms with van der Waals surface area (Å²) in [7, 11) is 0. The van der Waals surface area contributed by atoms with Gasteiger partial charge in [0.25, 0.3) is 5.91 Å². The molecular formula is C29H35NO3. The Morgan fingerprint density at radius 3 is 2.27 bits per heavy atom. The van der Waals surface area contributed by atoms with E-state index < -0.39 is 0 Å². The molecule has 4 rings (SSSR count). The first-order chi connectivity index (χ1) is 15.5. The van der Waals surface area contributed by atoms with Gasteiger partial charge >= 0.3 is 0 Å². The maximum Gasteiger partial charge on any atom is 0.291 e. The van der Waals surface area contributed by atoms with Gasteiger partial charge in [0.15, 0.2) is 5.76 Å². The van der Waals surface area contributed by atoms with Gasteiger partial charge in [0.1, 0.15) is 5.76 Å². The molecule has 0 saturated carbocycles. The molecule has 0 atom stereocenters. The summed E-state index contributed by atoms with van der Waals surface area (Å²) < 4.78 is 5.95. The first-order valence-corrected chi connectivity index (χ1v) is 11.7. The average molecular weight is 446 g/mol. The monoisotopic (exact) mass is 445 g/mol. The van der Waals surface area contributed by atoms with Crippen LogP contribution in [0.5, 0.6) is 0 Å². The molecule has 2 aromatic carbocycles. The zero-order chi connectivity index (χ0) is 24.0. The minimum absolute atomic E-state index is 0.0673. The molecule has 0 saturated heterocycles. The molecule has 0 spiro atoms. The van der Waals surface area contributed by atoms with Crippen LogP contribution in [-0.2, 0) is 23.9 Å². The Kier molecular flexibility index (Phi) is 6.00. The summed E-state index contributed by atoms with van der Waals surface area (Å²) in [6.07, 6.45) is 3.03. The number of hydrogen-bond donors (Lipinski definition) is 2. The predicted octanol–water partition coefficient (Wildman–Crippen LogP) is 6.58. The zero-order valence-electron chi connectivity index (χ0n) is 20.6.